The maximum atomic E-state index is 4.87. The van der Waals surface area contributed by atoms with E-state index in [1.54, 1.807) is 11.3 Å². The molecule has 0 aliphatic carbocycles. The number of fused-ring (bicyclic) bond motifs is 2. The van der Waals surface area contributed by atoms with E-state index in [0.717, 1.165) is 48.8 Å². The molecule has 4 aromatic heterocycles. The van der Waals surface area contributed by atoms with Crippen molar-refractivity contribution in [2.24, 2.45) is 0 Å². The van der Waals surface area contributed by atoms with Crippen LogP contribution in [-0.2, 0) is 0 Å². The van der Waals surface area contributed by atoms with Crippen molar-refractivity contribution in [2.45, 2.75) is 18.8 Å². The Balaban J connectivity index is 1.26. The fourth-order valence-corrected chi connectivity index (χ4v) is 5.01. The van der Waals surface area contributed by atoms with Crippen LogP contribution in [0, 0.1) is 0 Å². The molecule has 0 radical (unpaired) electrons. The van der Waals surface area contributed by atoms with Crippen LogP contribution in [0.3, 0.4) is 0 Å². The Labute approximate surface area is 171 Å². The second-order valence-electron chi connectivity index (χ2n) is 7.55. The number of thiophene rings is 1. The Morgan fingerprint density at radius 1 is 1.00 bits per heavy atom. The van der Waals surface area contributed by atoms with Crippen molar-refractivity contribution in [3.05, 3.63) is 65.0 Å². The van der Waals surface area contributed by atoms with E-state index in [-0.39, 0.29) is 0 Å². The molecule has 6 rings (SSSR count). The summed E-state index contributed by atoms with van der Waals surface area (Å²) in [4.78, 5) is 5.80. The van der Waals surface area contributed by atoms with Crippen LogP contribution in [0.15, 0.2) is 59.4 Å². The third kappa shape index (κ3) is 2.81. The van der Waals surface area contributed by atoms with Gasteiger partial charge in [-0.15, -0.1) is 15.3 Å². The molecule has 0 atom stereocenters. The number of aromatic amines is 1. The van der Waals surface area contributed by atoms with Crippen molar-refractivity contribution in [3.63, 3.8) is 0 Å². The van der Waals surface area contributed by atoms with Gasteiger partial charge >= 0.3 is 0 Å². The maximum Gasteiger partial charge on any atom is 0.186 e. The van der Waals surface area contributed by atoms with Crippen LogP contribution in [0.2, 0.25) is 0 Å². The lowest BCUT2D eigenvalue weighted by atomic mass is 9.89. The zero-order chi connectivity index (χ0) is 19.2. The first-order chi connectivity index (χ1) is 14.4. The highest BCUT2D eigenvalue weighted by Crippen LogP contribution is 2.34. The number of benzene rings is 1. The van der Waals surface area contributed by atoms with Gasteiger partial charge in [-0.2, -0.15) is 15.9 Å². The van der Waals surface area contributed by atoms with E-state index >= 15 is 0 Å². The number of nitrogens with zero attached hydrogens (tertiary/aromatic N) is 5. The minimum Gasteiger partial charge on any atom is -0.361 e. The van der Waals surface area contributed by atoms with E-state index in [1.165, 1.54) is 16.5 Å². The number of rotatable bonds is 3. The third-order valence-corrected chi connectivity index (χ3v) is 6.59. The van der Waals surface area contributed by atoms with E-state index in [4.69, 9.17) is 5.10 Å². The van der Waals surface area contributed by atoms with Crippen molar-refractivity contribution in [1.82, 2.24) is 24.8 Å². The van der Waals surface area contributed by atoms with Crippen molar-refractivity contribution >= 4 is 33.7 Å². The van der Waals surface area contributed by atoms with Crippen LogP contribution >= 0.6 is 11.3 Å². The van der Waals surface area contributed by atoms with Gasteiger partial charge in [0.15, 0.2) is 11.5 Å². The van der Waals surface area contributed by atoms with Gasteiger partial charge in [0.05, 0.1) is 0 Å². The lowest BCUT2D eigenvalue weighted by Crippen LogP contribution is -2.33. The molecule has 29 heavy (non-hydrogen) atoms. The average Bonchev–Trinajstić information content (AvgIpc) is 3.52. The topological polar surface area (TPSA) is 62.1 Å². The van der Waals surface area contributed by atoms with Crippen LogP contribution in [0.25, 0.3) is 27.9 Å². The highest BCUT2D eigenvalue weighted by molar-refractivity contribution is 7.08. The predicted molar refractivity (Wildman–Crippen MR) is 117 cm³/mol. The summed E-state index contributed by atoms with van der Waals surface area (Å²) in [6.45, 7) is 2.00. The van der Waals surface area contributed by atoms with Gasteiger partial charge in [-0.05, 0) is 54.0 Å². The van der Waals surface area contributed by atoms with Crippen LogP contribution < -0.4 is 4.90 Å². The summed E-state index contributed by atoms with van der Waals surface area (Å²) in [6.07, 6.45) is 4.45. The summed E-state index contributed by atoms with van der Waals surface area (Å²) < 4.78 is 1.86. The molecule has 1 aliphatic heterocycles. The molecule has 0 spiro atoms. The first-order valence-corrected chi connectivity index (χ1v) is 10.9. The second-order valence-corrected chi connectivity index (χ2v) is 8.33. The summed E-state index contributed by atoms with van der Waals surface area (Å²) in [7, 11) is 0. The molecule has 1 N–H and O–H groups in total. The van der Waals surface area contributed by atoms with E-state index in [9.17, 15) is 0 Å². The molecule has 1 saturated heterocycles. The van der Waals surface area contributed by atoms with Crippen LogP contribution in [0.5, 0.6) is 0 Å². The first kappa shape index (κ1) is 16.7. The molecule has 0 bridgehead atoms. The molecule has 0 amide bonds. The first-order valence-electron chi connectivity index (χ1n) is 9.93. The molecule has 144 valence electrons. The van der Waals surface area contributed by atoms with Gasteiger partial charge in [-0.25, -0.2) is 0 Å². The molecular formula is C22H20N6S. The molecule has 5 aromatic rings. The Morgan fingerprint density at radius 3 is 2.76 bits per heavy atom. The SMILES string of the molecule is c1ccc2c(C3CCN(c4ccc5nnc(-c6ccsc6)n5n4)CC3)c[nH]c2c1. The summed E-state index contributed by atoms with van der Waals surface area (Å²) >= 11 is 1.66. The summed E-state index contributed by atoms with van der Waals surface area (Å²) in [5.74, 6) is 2.38. The number of aromatic nitrogens is 5. The lowest BCUT2D eigenvalue weighted by Gasteiger charge is -2.32. The van der Waals surface area contributed by atoms with E-state index in [1.807, 2.05) is 10.6 Å². The highest BCUT2D eigenvalue weighted by Gasteiger charge is 2.24. The van der Waals surface area contributed by atoms with Crippen molar-refractivity contribution < 1.29 is 0 Å². The molecule has 1 fully saturated rings. The number of nitrogens with one attached hydrogen (secondary N) is 1. The predicted octanol–water partition coefficient (Wildman–Crippen LogP) is 4.72. The van der Waals surface area contributed by atoms with Crippen molar-refractivity contribution in [3.8, 4) is 11.4 Å². The van der Waals surface area contributed by atoms with Crippen molar-refractivity contribution in [1.29, 1.82) is 0 Å². The molecule has 6 nitrogen and oxygen atoms in total. The quantitative estimate of drug-likeness (QED) is 0.476. The van der Waals surface area contributed by atoms with E-state index in [0.29, 0.717) is 5.92 Å². The molecule has 5 heterocycles. The largest absolute Gasteiger partial charge is 0.361 e. The molecular weight excluding hydrogens is 380 g/mol. The molecule has 0 saturated carbocycles. The Bertz CT molecular complexity index is 1280. The van der Waals surface area contributed by atoms with Gasteiger partial charge in [-0.1, -0.05) is 18.2 Å². The molecule has 1 aromatic carbocycles. The van der Waals surface area contributed by atoms with Gasteiger partial charge in [0, 0.05) is 41.1 Å². The van der Waals surface area contributed by atoms with E-state index < -0.39 is 0 Å². The van der Waals surface area contributed by atoms with Gasteiger partial charge in [0.1, 0.15) is 5.82 Å². The van der Waals surface area contributed by atoms with Crippen LogP contribution in [0.4, 0.5) is 5.82 Å². The smallest absolute Gasteiger partial charge is 0.186 e. The lowest BCUT2D eigenvalue weighted by molar-refractivity contribution is 0.503. The van der Waals surface area contributed by atoms with Crippen LogP contribution in [0.1, 0.15) is 24.3 Å². The zero-order valence-corrected chi connectivity index (χ0v) is 16.6. The number of hydrogen-bond acceptors (Lipinski definition) is 5. The van der Waals surface area contributed by atoms with Crippen molar-refractivity contribution in [2.75, 3.05) is 18.0 Å². The minimum absolute atomic E-state index is 0.586. The van der Waals surface area contributed by atoms with E-state index in [2.05, 4.69) is 73.4 Å². The van der Waals surface area contributed by atoms with Gasteiger partial charge in [0.25, 0.3) is 0 Å². The Kier molecular flexibility index (Phi) is 3.87. The van der Waals surface area contributed by atoms with Gasteiger partial charge in [0.2, 0.25) is 0 Å². The number of piperidine rings is 1. The minimum atomic E-state index is 0.586. The number of hydrogen-bond donors (Lipinski definition) is 1. The molecule has 1 aliphatic rings. The fourth-order valence-electron chi connectivity index (χ4n) is 4.37. The second kappa shape index (κ2) is 6.70. The maximum absolute atomic E-state index is 4.87. The van der Waals surface area contributed by atoms with Crippen LogP contribution in [-0.4, -0.2) is 37.9 Å². The monoisotopic (exact) mass is 400 g/mol. The molecule has 0 unspecified atom stereocenters. The summed E-state index contributed by atoms with van der Waals surface area (Å²) in [5, 5.41) is 19.0. The summed E-state index contributed by atoms with van der Waals surface area (Å²) in [6, 6.07) is 14.7. The number of para-hydroxylation sites is 1. The standard InChI is InChI=1S/C22H20N6S/c1-2-4-19-17(3-1)18(13-23-19)15-7-10-27(11-8-15)21-6-5-20-24-25-22(28(20)26-21)16-9-12-29-14-16/h1-6,9,12-15,23H,7-8,10-11H2. The molecule has 7 heteroatoms. The Hall–Kier alpha value is -3.19. The zero-order valence-electron chi connectivity index (χ0n) is 15.8. The number of anilines is 1. The van der Waals surface area contributed by atoms with Gasteiger partial charge in [-0.3, -0.25) is 0 Å². The number of H-pyrrole nitrogens is 1. The highest BCUT2D eigenvalue weighted by atomic mass is 32.1. The van der Waals surface area contributed by atoms with Gasteiger partial charge < -0.3 is 9.88 Å². The third-order valence-electron chi connectivity index (χ3n) is 5.91. The Morgan fingerprint density at radius 2 is 1.90 bits per heavy atom. The summed E-state index contributed by atoms with van der Waals surface area (Å²) in [5.41, 5.74) is 4.52. The normalized spacial score (nSPS) is 15.5. The average molecular weight is 401 g/mol. The fraction of sp³-hybridized carbons (Fsp3) is 0.227.